The van der Waals surface area contributed by atoms with Crippen LogP contribution in [-0.2, 0) is 10.0 Å². The molecule has 11 heteroatoms. The molecule has 1 aliphatic heterocycles. The molecule has 0 saturated carbocycles. The molecule has 2 heterocycles. The summed E-state index contributed by atoms with van der Waals surface area (Å²) >= 11 is 3.35. The van der Waals surface area contributed by atoms with Gasteiger partial charge in [0.15, 0.2) is 0 Å². The number of rotatable bonds is 4. The van der Waals surface area contributed by atoms with E-state index in [4.69, 9.17) is 0 Å². The van der Waals surface area contributed by atoms with Crippen LogP contribution in [-0.4, -0.2) is 64.8 Å². The van der Waals surface area contributed by atoms with Gasteiger partial charge < -0.3 is 4.90 Å². The first-order chi connectivity index (χ1) is 10.8. The Morgan fingerprint density at radius 2 is 2.13 bits per heavy atom. The lowest BCUT2D eigenvalue weighted by molar-refractivity contribution is 0.0592. The zero-order valence-electron chi connectivity index (χ0n) is 12.0. The van der Waals surface area contributed by atoms with Crippen molar-refractivity contribution < 1.29 is 13.2 Å². The first kappa shape index (κ1) is 16.0. The summed E-state index contributed by atoms with van der Waals surface area (Å²) in [7, 11) is -3.27. The van der Waals surface area contributed by atoms with E-state index >= 15 is 0 Å². The Hall–Kier alpha value is -1.85. The number of hydrogen-bond donors (Lipinski definition) is 1. The van der Waals surface area contributed by atoms with Crippen LogP contribution in [0.2, 0.25) is 0 Å². The van der Waals surface area contributed by atoms with Crippen LogP contribution in [0.25, 0.3) is 5.69 Å². The molecule has 3 rings (SSSR count). The van der Waals surface area contributed by atoms with Crippen molar-refractivity contribution in [2.24, 2.45) is 0 Å². The number of amides is 1. The molecule has 122 valence electrons. The summed E-state index contributed by atoms with van der Waals surface area (Å²) in [6.07, 6.45) is 2.51. The van der Waals surface area contributed by atoms with Crippen LogP contribution in [0.3, 0.4) is 0 Å². The van der Waals surface area contributed by atoms with Gasteiger partial charge in [0.2, 0.25) is 10.0 Å². The number of nitrogens with zero attached hydrogens (tertiary/aromatic N) is 5. The van der Waals surface area contributed by atoms with Gasteiger partial charge >= 0.3 is 0 Å². The van der Waals surface area contributed by atoms with Gasteiger partial charge in [-0.25, -0.2) is 13.1 Å². The molecule has 1 aromatic carbocycles. The summed E-state index contributed by atoms with van der Waals surface area (Å²) in [5, 5.41) is 10.9. The molecule has 2 aromatic rings. The molecular formula is C12H13BrN6O3S. The number of sulfonamides is 1. The van der Waals surface area contributed by atoms with Crippen molar-refractivity contribution >= 4 is 31.9 Å². The monoisotopic (exact) mass is 400 g/mol. The van der Waals surface area contributed by atoms with E-state index in [2.05, 4.69) is 36.2 Å². The number of tetrazole rings is 1. The Labute approximate surface area is 140 Å². The highest BCUT2D eigenvalue weighted by Crippen LogP contribution is 2.23. The van der Waals surface area contributed by atoms with Gasteiger partial charge in [0.25, 0.3) is 5.91 Å². The van der Waals surface area contributed by atoms with E-state index in [1.165, 1.54) is 11.0 Å². The first-order valence-electron chi connectivity index (χ1n) is 6.63. The Bertz CT molecular complexity index is 832. The molecule has 9 nitrogen and oxygen atoms in total. The molecule has 0 bridgehead atoms. The van der Waals surface area contributed by atoms with Crippen molar-refractivity contribution in [1.82, 2.24) is 29.8 Å². The van der Waals surface area contributed by atoms with Gasteiger partial charge in [-0.1, -0.05) is 15.9 Å². The number of aromatic nitrogens is 4. The van der Waals surface area contributed by atoms with Crippen molar-refractivity contribution in [2.45, 2.75) is 6.04 Å². The fourth-order valence-electron chi connectivity index (χ4n) is 2.34. The Morgan fingerprint density at radius 1 is 1.39 bits per heavy atom. The minimum atomic E-state index is -3.27. The number of hydrogen-bond acceptors (Lipinski definition) is 6. The van der Waals surface area contributed by atoms with Crippen LogP contribution in [0.1, 0.15) is 10.4 Å². The topological polar surface area (TPSA) is 110 Å². The summed E-state index contributed by atoms with van der Waals surface area (Å²) in [4.78, 5) is 14.2. The van der Waals surface area contributed by atoms with Gasteiger partial charge in [-0.2, -0.15) is 4.68 Å². The van der Waals surface area contributed by atoms with E-state index in [1.807, 2.05) is 0 Å². The lowest BCUT2D eigenvalue weighted by Gasteiger charge is -2.39. The Morgan fingerprint density at radius 3 is 2.74 bits per heavy atom. The molecule has 0 radical (unpaired) electrons. The number of carbonyl (C=O) groups excluding carboxylic acids is 1. The Balaban J connectivity index is 1.80. The van der Waals surface area contributed by atoms with Crippen LogP contribution in [0, 0.1) is 0 Å². The van der Waals surface area contributed by atoms with Crippen LogP contribution < -0.4 is 4.72 Å². The fraction of sp³-hybridized carbons (Fsp3) is 0.333. The molecule has 0 unspecified atom stereocenters. The van der Waals surface area contributed by atoms with Gasteiger partial charge in [-0.15, -0.1) is 5.10 Å². The van der Waals surface area contributed by atoms with Crippen molar-refractivity contribution in [2.75, 3.05) is 19.3 Å². The molecule has 0 aliphatic carbocycles. The summed E-state index contributed by atoms with van der Waals surface area (Å²) in [5.41, 5.74) is 0.993. The van der Waals surface area contributed by atoms with Gasteiger partial charge in [0.05, 0.1) is 23.5 Å². The second-order valence-corrected chi connectivity index (χ2v) is 7.91. The zero-order chi connectivity index (χ0) is 16.6. The first-order valence-corrected chi connectivity index (χ1v) is 9.31. The molecule has 1 aromatic heterocycles. The van der Waals surface area contributed by atoms with Crippen LogP contribution in [0.5, 0.6) is 0 Å². The molecular weight excluding hydrogens is 388 g/mol. The van der Waals surface area contributed by atoms with E-state index in [9.17, 15) is 13.2 Å². The number of halogens is 1. The zero-order valence-corrected chi connectivity index (χ0v) is 14.5. The highest BCUT2D eigenvalue weighted by molar-refractivity contribution is 9.10. The highest BCUT2D eigenvalue weighted by atomic mass is 79.9. The number of nitrogens with one attached hydrogen (secondary N) is 1. The van der Waals surface area contributed by atoms with Gasteiger partial charge in [-0.3, -0.25) is 4.79 Å². The number of benzene rings is 1. The van der Waals surface area contributed by atoms with Crippen molar-refractivity contribution in [3.05, 3.63) is 34.6 Å². The van der Waals surface area contributed by atoms with E-state index < -0.39 is 10.0 Å². The standard InChI is InChI=1S/C12H13BrN6O3S/c1-23(21,22)15-9-5-18(6-9)12(20)10-4-8(13)2-3-11(10)19-7-14-16-17-19/h2-4,7,9,15H,5-6H2,1H3. The predicted octanol–water partition coefficient (Wildman–Crippen LogP) is -0.202. The molecule has 1 aliphatic rings. The lowest BCUT2D eigenvalue weighted by atomic mass is 10.1. The van der Waals surface area contributed by atoms with E-state index in [0.717, 1.165) is 10.7 Å². The quantitative estimate of drug-likeness (QED) is 0.760. The molecule has 0 atom stereocenters. The van der Waals surface area contributed by atoms with Crippen LogP contribution in [0.15, 0.2) is 29.0 Å². The third kappa shape index (κ3) is 3.57. The predicted molar refractivity (Wildman–Crippen MR) is 84.5 cm³/mol. The summed E-state index contributed by atoms with van der Waals surface area (Å²) in [6.45, 7) is 0.654. The van der Waals surface area contributed by atoms with E-state index in [-0.39, 0.29) is 11.9 Å². The molecule has 23 heavy (non-hydrogen) atoms. The maximum absolute atomic E-state index is 12.7. The fourth-order valence-corrected chi connectivity index (χ4v) is 3.46. The van der Waals surface area contributed by atoms with Gasteiger partial charge in [-0.05, 0) is 28.6 Å². The van der Waals surface area contributed by atoms with Gasteiger partial charge in [0.1, 0.15) is 6.33 Å². The van der Waals surface area contributed by atoms with Crippen LogP contribution >= 0.6 is 15.9 Å². The average Bonchev–Trinajstić information content (AvgIpc) is 2.94. The second-order valence-electron chi connectivity index (χ2n) is 5.21. The third-order valence-electron chi connectivity index (χ3n) is 3.33. The van der Waals surface area contributed by atoms with E-state index in [0.29, 0.717) is 24.3 Å². The maximum atomic E-state index is 12.7. The van der Waals surface area contributed by atoms with E-state index in [1.54, 1.807) is 23.1 Å². The summed E-state index contributed by atoms with van der Waals surface area (Å²) in [5.74, 6) is -0.205. The largest absolute Gasteiger partial charge is 0.335 e. The van der Waals surface area contributed by atoms with Crippen molar-refractivity contribution in [3.8, 4) is 5.69 Å². The molecule has 1 N–H and O–H groups in total. The summed E-state index contributed by atoms with van der Waals surface area (Å²) in [6, 6.07) is 4.96. The minimum Gasteiger partial charge on any atom is -0.335 e. The maximum Gasteiger partial charge on any atom is 0.256 e. The van der Waals surface area contributed by atoms with Gasteiger partial charge in [0, 0.05) is 17.6 Å². The Kier molecular flexibility index (Phi) is 4.17. The lowest BCUT2D eigenvalue weighted by Crippen LogP contribution is -2.60. The number of likely N-dealkylation sites (tertiary alicyclic amines) is 1. The molecule has 0 spiro atoms. The molecule has 1 saturated heterocycles. The molecule has 1 amide bonds. The van der Waals surface area contributed by atoms with Crippen molar-refractivity contribution in [3.63, 3.8) is 0 Å². The third-order valence-corrected chi connectivity index (χ3v) is 4.59. The van der Waals surface area contributed by atoms with Crippen molar-refractivity contribution in [1.29, 1.82) is 0 Å². The number of carbonyl (C=O) groups is 1. The minimum absolute atomic E-state index is 0.205. The molecule has 1 fully saturated rings. The smallest absolute Gasteiger partial charge is 0.256 e. The summed E-state index contributed by atoms with van der Waals surface area (Å²) < 4.78 is 27.0. The normalized spacial score (nSPS) is 15.5. The van der Waals surface area contributed by atoms with Crippen LogP contribution in [0.4, 0.5) is 0 Å². The average molecular weight is 401 g/mol. The SMILES string of the molecule is CS(=O)(=O)NC1CN(C(=O)c2cc(Br)ccc2-n2cnnn2)C1. The second kappa shape index (κ2) is 5.98. The highest BCUT2D eigenvalue weighted by Gasteiger charge is 2.34.